The first-order valence-corrected chi connectivity index (χ1v) is 4.63. The molecule has 11 heavy (non-hydrogen) atoms. The van der Waals surface area contributed by atoms with Gasteiger partial charge in [-0.3, -0.25) is 0 Å². The van der Waals surface area contributed by atoms with E-state index >= 15 is 0 Å². The molecule has 0 unspecified atom stereocenters. The van der Waals surface area contributed by atoms with Gasteiger partial charge in [0.05, 0.1) is 0 Å². The van der Waals surface area contributed by atoms with Crippen molar-refractivity contribution in [1.82, 2.24) is 4.90 Å². The first-order valence-electron chi connectivity index (χ1n) is 3.84. The van der Waals surface area contributed by atoms with Gasteiger partial charge in [-0.05, 0) is 33.0 Å². The number of nitrogens with zero attached hydrogens (tertiary/aromatic N) is 1. The maximum absolute atomic E-state index is 3.56. The third kappa shape index (κ3) is 1.94. The average molecular weight is 216 g/mol. The van der Waals surface area contributed by atoms with Crippen LogP contribution >= 0.6 is 15.9 Å². The fourth-order valence-corrected chi connectivity index (χ4v) is 1.79. The molecule has 1 nitrogen and oxygen atoms in total. The Bertz CT molecular complexity index is 204. The van der Waals surface area contributed by atoms with Crippen LogP contribution in [0.5, 0.6) is 0 Å². The average Bonchev–Trinajstić information content (AvgIpc) is 2.33. The molecule has 62 valence electrons. The molecule has 0 aromatic rings. The minimum atomic E-state index is 0.517. The zero-order chi connectivity index (χ0) is 8.43. The fourth-order valence-electron chi connectivity index (χ4n) is 1.14. The summed E-state index contributed by atoms with van der Waals surface area (Å²) in [5.41, 5.74) is 1.41. The molecule has 0 bridgehead atoms. The van der Waals surface area contributed by atoms with Gasteiger partial charge in [0.25, 0.3) is 0 Å². The number of halogens is 1. The van der Waals surface area contributed by atoms with Crippen molar-refractivity contribution in [2.75, 3.05) is 14.1 Å². The van der Waals surface area contributed by atoms with Gasteiger partial charge in [0.2, 0.25) is 0 Å². The van der Waals surface area contributed by atoms with Crippen LogP contribution in [-0.4, -0.2) is 25.0 Å². The normalized spacial score (nSPS) is 20.1. The molecule has 0 radical (unpaired) electrons. The predicted octanol–water partition coefficient (Wildman–Crippen LogP) is 2.55. The topological polar surface area (TPSA) is 3.24 Å². The number of rotatable bonds is 2. The lowest BCUT2D eigenvalue weighted by Crippen LogP contribution is -2.25. The molecule has 0 heterocycles. The lowest BCUT2D eigenvalue weighted by atomic mass is 10.1. The largest absolute Gasteiger partial charge is 0.303 e. The molecular formula is C9H14BrN. The molecule has 1 rings (SSSR count). The molecule has 0 aliphatic heterocycles. The van der Waals surface area contributed by atoms with Crippen molar-refractivity contribution in [1.29, 1.82) is 0 Å². The highest BCUT2D eigenvalue weighted by molar-refractivity contribution is 9.11. The maximum Gasteiger partial charge on any atom is 0.0321 e. The quantitative estimate of drug-likeness (QED) is 0.685. The van der Waals surface area contributed by atoms with Gasteiger partial charge < -0.3 is 4.90 Å². The number of hydrogen-bond acceptors (Lipinski definition) is 1. The van der Waals surface area contributed by atoms with E-state index < -0.39 is 0 Å². The summed E-state index contributed by atoms with van der Waals surface area (Å²) in [5.74, 6) is 0. The highest BCUT2D eigenvalue weighted by atomic mass is 79.9. The monoisotopic (exact) mass is 215 g/mol. The van der Waals surface area contributed by atoms with E-state index in [-0.39, 0.29) is 0 Å². The Morgan fingerprint density at radius 3 is 2.55 bits per heavy atom. The maximum atomic E-state index is 3.56. The minimum absolute atomic E-state index is 0.517. The third-order valence-electron chi connectivity index (χ3n) is 2.13. The highest BCUT2D eigenvalue weighted by Crippen LogP contribution is 2.27. The molecule has 1 atom stereocenters. The molecule has 0 saturated carbocycles. The Kier molecular flexibility index (Phi) is 2.90. The van der Waals surface area contributed by atoms with Crippen LogP contribution in [0.2, 0.25) is 0 Å². The first-order chi connectivity index (χ1) is 5.13. The van der Waals surface area contributed by atoms with E-state index in [1.807, 2.05) is 0 Å². The summed E-state index contributed by atoms with van der Waals surface area (Å²) in [4.78, 5) is 2.21. The van der Waals surface area contributed by atoms with Gasteiger partial charge in [-0.2, -0.15) is 0 Å². The van der Waals surface area contributed by atoms with Crippen molar-refractivity contribution < 1.29 is 0 Å². The highest BCUT2D eigenvalue weighted by Gasteiger charge is 2.14. The van der Waals surface area contributed by atoms with Gasteiger partial charge in [-0.15, -0.1) is 0 Å². The van der Waals surface area contributed by atoms with E-state index in [4.69, 9.17) is 0 Å². The van der Waals surface area contributed by atoms with Crippen LogP contribution < -0.4 is 0 Å². The Balaban J connectivity index is 2.73. The summed E-state index contributed by atoms with van der Waals surface area (Å²) in [6.07, 6.45) is 5.46. The van der Waals surface area contributed by atoms with Gasteiger partial charge >= 0.3 is 0 Å². The van der Waals surface area contributed by atoms with E-state index in [1.54, 1.807) is 0 Å². The van der Waals surface area contributed by atoms with Gasteiger partial charge in [-0.1, -0.05) is 28.1 Å². The third-order valence-corrected chi connectivity index (χ3v) is 2.91. The van der Waals surface area contributed by atoms with Crippen LogP contribution in [0.1, 0.15) is 13.3 Å². The molecule has 1 aliphatic rings. The number of likely N-dealkylation sites (N-methyl/N-ethyl adjacent to an activating group) is 1. The van der Waals surface area contributed by atoms with Gasteiger partial charge in [-0.25, -0.2) is 0 Å². The van der Waals surface area contributed by atoms with E-state index in [0.717, 1.165) is 6.42 Å². The van der Waals surface area contributed by atoms with Crippen LogP contribution in [0.3, 0.4) is 0 Å². The zero-order valence-corrected chi connectivity index (χ0v) is 8.85. The van der Waals surface area contributed by atoms with E-state index in [1.165, 1.54) is 10.1 Å². The second-order valence-corrected chi connectivity index (χ2v) is 4.06. The van der Waals surface area contributed by atoms with Crippen molar-refractivity contribution in [3.63, 3.8) is 0 Å². The smallest absolute Gasteiger partial charge is 0.0321 e. The van der Waals surface area contributed by atoms with Gasteiger partial charge in [0, 0.05) is 10.5 Å². The molecule has 0 amide bonds. The van der Waals surface area contributed by atoms with Crippen molar-refractivity contribution in [3.05, 3.63) is 22.2 Å². The Hall–Kier alpha value is -0.0800. The molecule has 2 heteroatoms. The molecule has 1 aliphatic carbocycles. The summed E-state index contributed by atoms with van der Waals surface area (Å²) in [7, 11) is 4.20. The Morgan fingerprint density at radius 1 is 1.55 bits per heavy atom. The van der Waals surface area contributed by atoms with Crippen molar-refractivity contribution >= 4 is 15.9 Å². The minimum Gasteiger partial charge on any atom is -0.303 e. The number of allylic oxidation sites excluding steroid dienone is 2. The van der Waals surface area contributed by atoms with Crippen molar-refractivity contribution in [3.8, 4) is 0 Å². The van der Waals surface area contributed by atoms with Gasteiger partial charge in [0.15, 0.2) is 0 Å². The summed E-state index contributed by atoms with van der Waals surface area (Å²) >= 11 is 3.56. The fraction of sp³-hybridized carbons (Fsp3) is 0.556. The number of hydrogen-bond donors (Lipinski definition) is 0. The van der Waals surface area contributed by atoms with Crippen LogP contribution in [0.4, 0.5) is 0 Å². The summed E-state index contributed by atoms with van der Waals surface area (Å²) in [6, 6.07) is 0.517. The molecule has 0 fully saturated rings. The van der Waals surface area contributed by atoms with Crippen LogP contribution in [0.25, 0.3) is 0 Å². The lowest BCUT2D eigenvalue weighted by molar-refractivity contribution is 0.355. The van der Waals surface area contributed by atoms with Crippen LogP contribution in [0.15, 0.2) is 22.2 Å². The van der Waals surface area contributed by atoms with Crippen molar-refractivity contribution in [2.24, 2.45) is 0 Å². The van der Waals surface area contributed by atoms with Crippen molar-refractivity contribution in [2.45, 2.75) is 19.4 Å². The second-order valence-electron chi connectivity index (χ2n) is 3.11. The molecule has 0 aromatic heterocycles. The van der Waals surface area contributed by atoms with Crippen LogP contribution in [0, 0.1) is 0 Å². The molecule has 0 aromatic carbocycles. The Labute approximate surface area is 76.9 Å². The predicted molar refractivity (Wildman–Crippen MR) is 52.9 cm³/mol. The van der Waals surface area contributed by atoms with Crippen LogP contribution in [-0.2, 0) is 0 Å². The Morgan fingerprint density at radius 2 is 2.18 bits per heavy atom. The van der Waals surface area contributed by atoms with E-state index in [9.17, 15) is 0 Å². The summed E-state index contributed by atoms with van der Waals surface area (Å²) in [5, 5.41) is 0. The second kappa shape index (κ2) is 3.55. The molecule has 0 saturated heterocycles. The molecule has 0 spiro atoms. The SMILES string of the molecule is C[C@@H](C1=C(Br)CC=C1)N(C)C. The summed E-state index contributed by atoms with van der Waals surface area (Å²) < 4.78 is 1.33. The van der Waals surface area contributed by atoms with Gasteiger partial charge in [0.1, 0.15) is 0 Å². The summed E-state index contributed by atoms with van der Waals surface area (Å²) in [6.45, 7) is 2.21. The lowest BCUT2D eigenvalue weighted by Gasteiger charge is -2.20. The zero-order valence-electron chi connectivity index (χ0n) is 7.26. The van der Waals surface area contributed by atoms with E-state index in [0.29, 0.717) is 6.04 Å². The first kappa shape index (κ1) is 9.01. The molecular weight excluding hydrogens is 202 g/mol. The molecule has 0 N–H and O–H groups in total. The standard InChI is InChI=1S/C9H14BrN/c1-7(11(2)3)8-5-4-6-9(8)10/h4-5,7H,6H2,1-3H3/t7-/m0/s1. The van der Waals surface area contributed by atoms with E-state index in [2.05, 4.69) is 54.0 Å².